The van der Waals surface area contributed by atoms with Crippen LogP contribution in [0, 0.1) is 11.3 Å². The highest BCUT2D eigenvalue weighted by Crippen LogP contribution is 2.21. The van der Waals surface area contributed by atoms with Gasteiger partial charge < -0.3 is 5.73 Å². The second kappa shape index (κ2) is 4.94. The number of hydrogen-bond acceptors (Lipinski definition) is 2. The van der Waals surface area contributed by atoms with Crippen LogP contribution < -0.4 is 5.73 Å². The molecule has 0 aliphatic carbocycles. The lowest BCUT2D eigenvalue weighted by Crippen LogP contribution is -2.09. The van der Waals surface area contributed by atoms with Gasteiger partial charge in [0, 0.05) is 10.5 Å². The van der Waals surface area contributed by atoms with E-state index in [9.17, 15) is 0 Å². The van der Waals surface area contributed by atoms with E-state index in [0.29, 0.717) is 12.0 Å². The summed E-state index contributed by atoms with van der Waals surface area (Å²) in [5.74, 6) is 0. The van der Waals surface area contributed by atoms with Gasteiger partial charge >= 0.3 is 0 Å². The van der Waals surface area contributed by atoms with E-state index < -0.39 is 0 Å². The fraction of sp³-hybridized carbons (Fsp3) is 0.182. The number of nitrogens with two attached hydrogens (primary N) is 1. The van der Waals surface area contributed by atoms with E-state index in [1.807, 2.05) is 12.1 Å². The van der Waals surface area contributed by atoms with E-state index in [-0.39, 0.29) is 6.04 Å². The number of nitriles is 1. The first-order chi connectivity index (χ1) is 6.69. The number of halogens is 1. The van der Waals surface area contributed by atoms with Crippen LogP contribution in [0.2, 0.25) is 0 Å². The first-order valence-electron chi connectivity index (χ1n) is 4.25. The van der Waals surface area contributed by atoms with Gasteiger partial charge in [-0.25, -0.2) is 0 Å². The molecule has 0 unspecified atom stereocenters. The third kappa shape index (κ3) is 2.44. The van der Waals surface area contributed by atoms with Crippen molar-refractivity contribution >= 4 is 15.9 Å². The number of rotatable bonds is 3. The lowest BCUT2D eigenvalue weighted by molar-refractivity contribution is 0.741. The molecule has 0 aromatic heterocycles. The molecule has 0 spiro atoms. The zero-order chi connectivity index (χ0) is 10.6. The summed E-state index contributed by atoms with van der Waals surface area (Å²) in [6.07, 6.45) is 2.49. The quantitative estimate of drug-likeness (QED) is 0.839. The maximum atomic E-state index is 8.81. The molecule has 0 fully saturated rings. The fourth-order valence-corrected chi connectivity index (χ4v) is 1.51. The van der Waals surface area contributed by atoms with Crippen LogP contribution in [0.4, 0.5) is 0 Å². The predicted molar refractivity (Wildman–Crippen MR) is 60.6 cm³/mol. The Balaban J connectivity index is 3.01. The largest absolute Gasteiger partial charge is 0.324 e. The molecular weight excluding hydrogens is 240 g/mol. The molecule has 0 heterocycles. The normalized spacial score (nSPS) is 11.8. The van der Waals surface area contributed by atoms with Gasteiger partial charge in [0.25, 0.3) is 0 Å². The molecule has 0 radical (unpaired) electrons. The minimum Gasteiger partial charge on any atom is -0.324 e. The number of hydrogen-bond donors (Lipinski definition) is 1. The zero-order valence-electron chi connectivity index (χ0n) is 7.70. The van der Waals surface area contributed by atoms with E-state index >= 15 is 0 Å². The second-order valence-electron chi connectivity index (χ2n) is 2.98. The van der Waals surface area contributed by atoms with Crippen molar-refractivity contribution in [2.75, 3.05) is 0 Å². The predicted octanol–water partition coefficient (Wildman–Crippen LogP) is 2.90. The summed E-state index contributed by atoms with van der Waals surface area (Å²) in [6.45, 7) is 3.63. The number of benzene rings is 1. The Bertz CT molecular complexity index is 379. The highest BCUT2D eigenvalue weighted by atomic mass is 79.9. The lowest BCUT2D eigenvalue weighted by atomic mass is 10.0. The highest BCUT2D eigenvalue weighted by Gasteiger charge is 2.06. The van der Waals surface area contributed by atoms with E-state index in [2.05, 4.69) is 28.6 Å². The summed E-state index contributed by atoms with van der Waals surface area (Å²) < 4.78 is 0.801. The van der Waals surface area contributed by atoms with Gasteiger partial charge in [-0.3, -0.25) is 0 Å². The molecule has 14 heavy (non-hydrogen) atoms. The maximum Gasteiger partial charge on any atom is 0.100 e. The molecule has 0 aliphatic heterocycles. The molecule has 3 heteroatoms. The molecular formula is C11H11BrN2. The Labute approximate surface area is 92.2 Å². The first-order valence-corrected chi connectivity index (χ1v) is 5.04. The standard InChI is InChI=1S/C11H11BrN2/c1-2-3-11(14)8-4-5-10(12)9(6-8)7-13/h2,4-6,11H,1,3,14H2/t11-/m0/s1. The molecule has 1 aromatic carbocycles. The molecule has 0 bridgehead atoms. The van der Waals surface area contributed by atoms with Crippen molar-refractivity contribution in [3.8, 4) is 6.07 Å². The Kier molecular flexibility index (Phi) is 3.87. The SMILES string of the molecule is C=CC[C@H](N)c1ccc(Br)c(C#N)c1. The van der Waals surface area contributed by atoms with Crippen LogP contribution in [-0.2, 0) is 0 Å². The molecule has 1 atom stereocenters. The maximum absolute atomic E-state index is 8.81. The molecule has 1 rings (SSSR count). The van der Waals surface area contributed by atoms with Gasteiger partial charge in [0.15, 0.2) is 0 Å². The second-order valence-corrected chi connectivity index (χ2v) is 3.84. The molecule has 0 saturated carbocycles. The average Bonchev–Trinajstić information content (AvgIpc) is 2.19. The smallest absolute Gasteiger partial charge is 0.100 e. The Morgan fingerprint density at radius 1 is 1.64 bits per heavy atom. The molecule has 0 aliphatic rings. The minimum atomic E-state index is -0.0762. The first kappa shape index (κ1) is 11.0. The van der Waals surface area contributed by atoms with Crippen molar-refractivity contribution in [1.82, 2.24) is 0 Å². The van der Waals surface area contributed by atoms with Crippen LogP contribution in [-0.4, -0.2) is 0 Å². The summed E-state index contributed by atoms with van der Waals surface area (Å²) in [5, 5.41) is 8.81. The molecule has 0 saturated heterocycles. The topological polar surface area (TPSA) is 49.8 Å². The van der Waals surface area contributed by atoms with Gasteiger partial charge in [0.05, 0.1) is 5.56 Å². The van der Waals surface area contributed by atoms with E-state index in [4.69, 9.17) is 11.0 Å². The van der Waals surface area contributed by atoms with Gasteiger partial charge in [-0.15, -0.1) is 6.58 Å². The van der Waals surface area contributed by atoms with Crippen LogP contribution in [0.25, 0.3) is 0 Å². The summed E-state index contributed by atoms with van der Waals surface area (Å²) in [7, 11) is 0. The van der Waals surface area contributed by atoms with Gasteiger partial charge in [-0.2, -0.15) is 5.26 Å². The molecule has 72 valence electrons. The van der Waals surface area contributed by atoms with Crippen LogP contribution in [0.5, 0.6) is 0 Å². The van der Waals surface area contributed by atoms with Crippen molar-refractivity contribution < 1.29 is 0 Å². The van der Waals surface area contributed by atoms with Gasteiger partial charge in [0.2, 0.25) is 0 Å². The van der Waals surface area contributed by atoms with Gasteiger partial charge in [-0.05, 0) is 40.0 Å². The van der Waals surface area contributed by atoms with Gasteiger partial charge in [0.1, 0.15) is 6.07 Å². The van der Waals surface area contributed by atoms with Crippen LogP contribution in [0.1, 0.15) is 23.6 Å². The van der Waals surface area contributed by atoms with Crippen molar-refractivity contribution in [1.29, 1.82) is 5.26 Å². The van der Waals surface area contributed by atoms with Gasteiger partial charge in [-0.1, -0.05) is 12.1 Å². The van der Waals surface area contributed by atoms with Crippen LogP contribution in [0.3, 0.4) is 0 Å². The van der Waals surface area contributed by atoms with Crippen molar-refractivity contribution in [3.63, 3.8) is 0 Å². The minimum absolute atomic E-state index is 0.0762. The third-order valence-corrected chi connectivity index (χ3v) is 2.65. The van der Waals surface area contributed by atoms with Crippen LogP contribution >= 0.6 is 15.9 Å². The van der Waals surface area contributed by atoms with E-state index in [1.54, 1.807) is 12.1 Å². The summed E-state index contributed by atoms with van der Waals surface area (Å²) >= 11 is 3.30. The monoisotopic (exact) mass is 250 g/mol. The summed E-state index contributed by atoms with van der Waals surface area (Å²) in [4.78, 5) is 0. The van der Waals surface area contributed by atoms with Crippen LogP contribution in [0.15, 0.2) is 35.3 Å². The third-order valence-electron chi connectivity index (χ3n) is 1.96. The molecule has 0 amide bonds. The van der Waals surface area contributed by atoms with E-state index in [1.165, 1.54) is 0 Å². The van der Waals surface area contributed by atoms with Crippen molar-refractivity contribution in [2.24, 2.45) is 5.73 Å². The zero-order valence-corrected chi connectivity index (χ0v) is 9.29. The number of nitrogens with zero attached hydrogens (tertiary/aromatic N) is 1. The van der Waals surface area contributed by atoms with Crippen molar-refractivity contribution in [3.05, 3.63) is 46.5 Å². The molecule has 2 N–H and O–H groups in total. The lowest BCUT2D eigenvalue weighted by Gasteiger charge is -2.09. The Hall–Kier alpha value is -1.11. The Morgan fingerprint density at radius 2 is 2.36 bits per heavy atom. The van der Waals surface area contributed by atoms with Crippen molar-refractivity contribution in [2.45, 2.75) is 12.5 Å². The Morgan fingerprint density at radius 3 is 2.93 bits per heavy atom. The highest BCUT2D eigenvalue weighted by molar-refractivity contribution is 9.10. The molecule has 1 aromatic rings. The average molecular weight is 251 g/mol. The summed E-state index contributed by atoms with van der Waals surface area (Å²) in [5.41, 5.74) is 7.46. The van der Waals surface area contributed by atoms with E-state index in [0.717, 1.165) is 10.0 Å². The molecule has 2 nitrogen and oxygen atoms in total. The fourth-order valence-electron chi connectivity index (χ4n) is 1.17. The summed E-state index contributed by atoms with van der Waals surface area (Å²) in [6, 6.07) is 7.59.